The summed E-state index contributed by atoms with van der Waals surface area (Å²) in [5, 5.41) is 0.173. The highest BCUT2D eigenvalue weighted by atomic mass is 32.2. The number of aryl methyl sites for hydroxylation is 1. The van der Waals surface area contributed by atoms with Gasteiger partial charge < -0.3 is 0 Å². The normalized spacial score (nSPS) is 19.6. The van der Waals surface area contributed by atoms with Crippen LogP contribution in [0.3, 0.4) is 0 Å². The van der Waals surface area contributed by atoms with Crippen LogP contribution in [0.15, 0.2) is 47.4 Å². The minimum atomic E-state index is -4.19. The maximum Gasteiger partial charge on any atom is 0.248 e. The Morgan fingerprint density at radius 1 is 1.04 bits per heavy atom. The molecule has 0 N–H and O–H groups in total. The molecule has 2 aromatic rings. The van der Waals surface area contributed by atoms with Gasteiger partial charge in [0.05, 0.1) is 0 Å². The van der Waals surface area contributed by atoms with Crippen molar-refractivity contribution < 1.29 is 17.2 Å². The van der Waals surface area contributed by atoms with Gasteiger partial charge in [-0.1, -0.05) is 30.3 Å². The molecule has 1 saturated heterocycles. The molecule has 1 aliphatic heterocycles. The predicted molar refractivity (Wildman–Crippen MR) is 96.1 cm³/mol. The molecule has 0 amide bonds. The quantitative estimate of drug-likeness (QED) is 0.799. The molecule has 1 atom stereocenters. The first kappa shape index (κ1) is 18.4. The van der Waals surface area contributed by atoms with Crippen molar-refractivity contribution in [3.63, 3.8) is 0 Å². The molecule has 0 aliphatic carbocycles. The third-order valence-electron chi connectivity index (χ3n) is 4.35. The average Bonchev–Trinajstić information content (AvgIpc) is 2.81. The van der Waals surface area contributed by atoms with Crippen LogP contribution in [0.2, 0.25) is 0 Å². The monoisotopic (exact) mass is 383 g/mol. The van der Waals surface area contributed by atoms with E-state index in [1.165, 1.54) is 9.87 Å². The Bertz CT molecular complexity index is 851. The topological polar surface area (TPSA) is 37.4 Å². The van der Waals surface area contributed by atoms with Gasteiger partial charge in [-0.2, -0.15) is 16.1 Å². The maximum atomic E-state index is 13.9. The van der Waals surface area contributed by atoms with Gasteiger partial charge >= 0.3 is 0 Å². The highest BCUT2D eigenvalue weighted by Gasteiger charge is 2.32. The maximum absolute atomic E-state index is 13.9. The van der Waals surface area contributed by atoms with E-state index in [9.17, 15) is 17.2 Å². The van der Waals surface area contributed by atoms with Gasteiger partial charge in [-0.15, -0.1) is 0 Å². The molecule has 25 heavy (non-hydrogen) atoms. The van der Waals surface area contributed by atoms with Crippen molar-refractivity contribution in [3.05, 3.63) is 65.2 Å². The van der Waals surface area contributed by atoms with E-state index in [0.29, 0.717) is 12.2 Å². The van der Waals surface area contributed by atoms with E-state index in [0.717, 1.165) is 23.8 Å². The minimum absolute atomic E-state index is 0.173. The molecule has 7 heteroatoms. The zero-order valence-electron chi connectivity index (χ0n) is 13.8. The van der Waals surface area contributed by atoms with Crippen LogP contribution in [0.4, 0.5) is 8.78 Å². The van der Waals surface area contributed by atoms with E-state index in [4.69, 9.17) is 0 Å². The van der Waals surface area contributed by atoms with Gasteiger partial charge in [-0.25, -0.2) is 17.2 Å². The number of rotatable bonds is 3. The van der Waals surface area contributed by atoms with Crippen LogP contribution in [0.1, 0.15) is 22.8 Å². The highest BCUT2D eigenvalue weighted by molar-refractivity contribution is 7.99. The van der Waals surface area contributed by atoms with Gasteiger partial charge in [0.15, 0.2) is 4.90 Å². The van der Waals surface area contributed by atoms with Crippen LogP contribution >= 0.6 is 11.8 Å². The van der Waals surface area contributed by atoms with E-state index < -0.39 is 26.6 Å². The fraction of sp³-hybridized carbons (Fsp3) is 0.333. The molecule has 0 bridgehead atoms. The predicted octanol–water partition coefficient (Wildman–Crippen LogP) is 4.14. The lowest BCUT2D eigenvalue weighted by Gasteiger charge is -2.21. The first-order chi connectivity index (χ1) is 11.9. The molecule has 134 valence electrons. The van der Waals surface area contributed by atoms with Crippen LogP contribution < -0.4 is 0 Å². The lowest BCUT2D eigenvalue weighted by Crippen LogP contribution is -2.34. The summed E-state index contributed by atoms with van der Waals surface area (Å²) >= 11 is 1.68. The van der Waals surface area contributed by atoms with Gasteiger partial charge in [0, 0.05) is 24.1 Å². The minimum Gasteiger partial charge on any atom is -0.207 e. The second-order valence-corrected chi connectivity index (χ2v) is 9.14. The molecule has 1 heterocycles. The smallest absolute Gasteiger partial charge is 0.207 e. The third-order valence-corrected chi connectivity index (χ3v) is 7.61. The van der Waals surface area contributed by atoms with Crippen LogP contribution in [0, 0.1) is 18.6 Å². The lowest BCUT2D eigenvalue weighted by molar-refractivity contribution is 0.417. The van der Waals surface area contributed by atoms with Gasteiger partial charge in [-0.05, 0) is 36.6 Å². The molecule has 1 fully saturated rings. The van der Waals surface area contributed by atoms with Crippen molar-refractivity contribution in [1.82, 2.24) is 4.31 Å². The average molecular weight is 383 g/mol. The largest absolute Gasteiger partial charge is 0.248 e. The second-order valence-electron chi connectivity index (χ2n) is 5.96. The van der Waals surface area contributed by atoms with Crippen molar-refractivity contribution in [3.8, 4) is 0 Å². The number of halogens is 2. The summed E-state index contributed by atoms with van der Waals surface area (Å²) in [6.45, 7) is 2.51. The van der Waals surface area contributed by atoms with Crippen LogP contribution in [0.25, 0.3) is 0 Å². The number of thioether (sulfide) groups is 1. The molecule has 0 saturated carbocycles. The van der Waals surface area contributed by atoms with Crippen molar-refractivity contribution >= 4 is 21.8 Å². The van der Waals surface area contributed by atoms with E-state index in [-0.39, 0.29) is 18.3 Å². The molecule has 3 nitrogen and oxygen atoms in total. The number of nitrogens with zero attached hydrogens (tertiary/aromatic N) is 1. The summed E-state index contributed by atoms with van der Waals surface area (Å²) in [5.41, 5.74) is 2.35. The fourth-order valence-electron chi connectivity index (χ4n) is 3.04. The standard InChI is InChI=1S/C18H19F2NO2S2/c1-13-5-2-3-6-14(13)17-9-10-21(11-12-24-17)25(22,23)18-15(19)7-4-8-16(18)20/h2-8,17H,9-12H2,1H3/t17-/m0/s1. The van der Waals surface area contributed by atoms with Crippen molar-refractivity contribution in [2.75, 3.05) is 18.8 Å². The Morgan fingerprint density at radius 3 is 2.40 bits per heavy atom. The third kappa shape index (κ3) is 3.73. The summed E-state index contributed by atoms with van der Waals surface area (Å²) in [6.07, 6.45) is 0.602. The highest BCUT2D eigenvalue weighted by Crippen LogP contribution is 2.37. The summed E-state index contributed by atoms with van der Waals surface area (Å²) in [4.78, 5) is -0.852. The molecule has 0 aromatic heterocycles. The Balaban J connectivity index is 1.85. The van der Waals surface area contributed by atoms with Crippen molar-refractivity contribution in [2.45, 2.75) is 23.5 Å². The fourth-order valence-corrected chi connectivity index (χ4v) is 6.05. The van der Waals surface area contributed by atoms with Crippen LogP contribution in [-0.2, 0) is 10.0 Å². The van der Waals surface area contributed by atoms with E-state index in [2.05, 4.69) is 0 Å². The SMILES string of the molecule is Cc1ccccc1[C@@H]1CCN(S(=O)(=O)c2c(F)cccc2F)CCS1. The first-order valence-electron chi connectivity index (χ1n) is 8.02. The van der Waals surface area contributed by atoms with E-state index >= 15 is 0 Å². The zero-order chi connectivity index (χ0) is 18.0. The summed E-state index contributed by atoms with van der Waals surface area (Å²) in [6, 6.07) is 11.1. The summed E-state index contributed by atoms with van der Waals surface area (Å²) in [7, 11) is -4.19. The number of sulfonamides is 1. The molecule has 0 radical (unpaired) electrons. The Labute approximate surface area is 151 Å². The van der Waals surface area contributed by atoms with Gasteiger partial charge in [0.2, 0.25) is 10.0 Å². The first-order valence-corrected chi connectivity index (χ1v) is 10.5. The van der Waals surface area contributed by atoms with Gasteiger partial charge in [0.25, 0.3) is 0 Å². The summed E-state index contributed by atoms with van der Waals surface area (Å²) < 4.78 is 54.5. The van der Waals surface area contributed by atoms with Crippen LogP contribution in [0.5, 0.6) is 0 Å². The molecular formula is C18H19F2NO2S2. The van der Waals surface area contributed by atoms with E-state index in [1.54, 1.807) is 11.8 Å². The Morgan fingerprint density at radius 2 is 1.72 bits per heavy atom. The number of hydrogen-bond donors (Lipinski definition) is 0. The van der Waals surface area contributed by atoms with E-state index in [1.807, 2.05) is 31.2 Å². The Hall–Kier alpha value is -1.44. The van der Waals surface area contributed by atoms with Gasteiger partial charge in [-0.3, -0.25) is 0 Å². The molecule has 2 aromatic carbocycles. The van der Waals surface area contributed by atoms with Crippen molar-refractivity contribution in [2.24, 2.45) is 0 Å². The van der Waals surface area contributed by atoms with Crippen LogP contribution in [-0.4, -0.2) is 31.6 Å². The van der Waals surface area contributed by atoms with Gasteiger partial charge in [0.1, 0.15) is 11.6 Å². The molecule has 0 unspecified atom stereocenters. The summed E-state index contributed by atoms with van der Waals surface area (Å²) in [5.74, 6) is -1.52. The molecular weight excluding hydrogens is 364 g/mol. The Kier molecular flexibility index (Phi) is 5.46. The lowest BCUT2D eigenvalue weighted by atomic mass is 10.0. The number of hydrogen-bond acceptors (Lipinski definition) is 3. The molecule has 3 rings (SSSR count). The van der Waals surface area contributed by atoms with Crippen molar-refractivity contribution in [1.29, 1.82) is 0 Å². The zero-order valence-corrected chi connectivity index (χ0v) is 15.4. The molecule has 1 aliphatic rings. The number of benzene rings is 2. The second kappa shape index (κ2) is 7.43. The molecule has 0 spiro atoms.